The first kappa shape index (κ1) is 19.9. The molecule has 0 saturated heterocycles. The van der Waals surface area contributed by atoms with Gasteiger partial charge in [-0.25, -0.2) is 0 Å². The Morgan fingerprint density at radius 1 is 1.29 bits per heavy atom. The molecule has 8 heteroatoms. The molecule has 28 heavy (non-hydrogen) atoms. The maximum absolute atomic E-state index is 6.01. The summed E-state index contributed by atoms with van der Waals surface area (Å²) in [7, 11) is 0. The van der Waals surface area contributed by atoms with Crippen LogP contribution in [0.4, 0.5) is 0 Å². The van der Waals surface area contributed by atoms with E-state index in [1.54, 1.807) is 12.1 Å². The van der Waals surface area contributed by atoms with E-state index in [0.29, 0.717) is 35.7 Å². The zero-order chi connectivity index (χ0) is 19.9. The number of guanidine groups is 1. The smallest absolute Gasteiger partial charge is 0.228 e. The second-order valence-electron chi connectivity index (χ2n) is 6.35. The minimum atomic E-state index is 0.00402. The van der Waals surface area contributed by atoms with Crippen molar-refractivity contribution in [3.63, 3.8) is 0 Å². The Kier molecular flexibility index (Phi) is 6.71. The summed E-state index contributed by atoms with van der Waals surface area (Å²) in [6.45, 7) is 7.25. The summed E-state index contributed by atoms with van der Waals surface area (Å²) in [6.07, 6.45) is 0.540. The third-order valence-electron chi connectivity index (χ3n) is 4.03. The maximum atomic E-state index is 6.01. The number of aliphatic imine (C=N–C) groups is 1. The van der Waals surface area contributed by atoms with Gasteiger partial charge >= 0.3 is 0 Å². The first-order valence-corrected chi connectivity index (χ1v) is 9.62. The van der Waals surface area contributed by atoms with E-state index in [1.165, 1.54) is 0 Å². The molecule has 0 radical (unpaired) electrons. The Labute approximate surface area is 169 Å². The Morgan fingerprint density at radius 3 is 2.86 bits per heavy atom. The molecular weight excluding hydrogens is 378 g/mol. The minimum Gasteiger partial charge on any atom is -0.464 e. The van der Waals surface area contributed by atoms with Gasteiger partial charge in [-0.2, -0.15) is 4.98 Å². The highest BCUT2D eigenvalue weighted by molar-refractivity contribution is 6.30. The lowest BCUT2D eigenvalue weighted by atomic mass is 10.2. The largest absolute Gasteiger partial charge is 0.464 e. The van der Waals surface area contributed by atoms with E-state index in [2.05, 4.69) is 25.8 Å². The van der Waals surface area contributed by atoms with E-state index in [1.807, 2.05) is 45.0 Å². The van der Waals surface area contributed by atoms with Gasteiger partial charge in [0.1, 0.15) is 11.5 Å². The number of benzene rings is 1. The Bertz CT molecular complexity index is 934. The van der Waals surface area contributed by atoms with Crippen molar-refractivity contribution in [2.24, 2.45) is 4.99 Å². The van der Waals surface area contributed by atoms with Crippen LogP contribution in [-0.4, -0.2) is 29.2 Å². The van der Waals surface area contributed by atoms with E-state index >= 15 is 0 Å². The second kappa shape index (κ2) is 9.41. The van der Waals surface area contributed by atoms with Gasteiger partial charge in [-0.1, -0.05) is 28.9 Å². The summed E-state index contributed by atoms with van der Waals surface area (Å²) in [4.78, 5) is 9.00. The zero-order valence-electron chi connectivity index (χ0n) is 16.2. The van der Waals surface area contributed by atoms with Crippen LogP contribution in [0.2, 0.25) is 5.02 Å². The summed E-state index contributed by atoms with van der Waals surface area (Å²) >= 11 is 6.01. The van der Waals surface area contributed by atoms with Gasteiger partial charge in [0.25, 0.3) is 0 Å². The molecule has 7 nitrogen and oxygen atoms in total. The van der Waals surface area contributed by atoms with Crippen molar-refractivity contribution in [3.8, 4) is 11.4 Å². The van der Waals surface area contributed by atoms with Crippen LogP contribution in [0.5, 0.6) is 0 Å². The fourth-order valence-corrected chi connectivity index (χ4v) is 2.84. The summed E-state index contributed by atoms with van der Waals surface area (Å²) < 4.78 is 11.0. The zero-order valence-corrected chi connectivity index (χ0v) is 17.0. The van der Waals surface area contributed by atoms with E-state index in [4.69, 9.17) is 20.5 Å². The molecule has 2 heterocycles. The molecule has 0 amide bonds. The molecule has 0 aliphatic rings. The fourth-order valence-electron chi connectivity index (χ4n) is 2.65. The van der Waals surface area contributed by atoms with Crippen molar-refractivity contribution < 1.29 is 8.94 Å². The quantitative estimate of drug-likeness (QED) is 0.456. The molecule has 1 aromatic carbocycles. The lowest BCUT2D eigenvalue weighted by molar-refractivity contribution is 0.380. The molecule has 1 atom stereocenters. The lowest BCUT2D eigenvalue weighted by Gasteiger charge is -2.16. The summed E-state index contributed by atoms with van der Waals surface area (Å²) in [5, 5.41) is 11.2. The van der Waals surface area contributed by atoms with Gasteiger partial charge in [-0.05, 0) is 45.0 Å². The third-order valence-corrected chi connectivity index (χ3v) is 4.27. The minimum absolute atomic E-state index is 0.00402. The number of rotatable bonds is 7. The summed E-state index contributed by atoms with van der Waals surface area (Å²) in [6, 6.07) is 11.3. The highest BCUT2D eigenvalue weighted by Gasteiger charge is 2.12. The predicted molar refractivity (Wildman–Crippen MR) is 109 cm³/mol. The fraction of sp³-hybridized carbons (Fsp3) is 0.350. The molecule has 0 fully saturated rings. The van der Waals surface area contributed by atoms with E-state index in [9.17, 15) is 0 Å². The second-order valence-corrected chi connectivity index (χ2v) is 6.78. The normalized spacial score (nSPS) is 12.8. The molecule has 3 rings (SSSR count). The first-order valence-electron chi connectivity index (χ1n) is 9.25. The molecule has 1 unspecified atom stereocenters. The van der Waals surface area contributed by atoms with Crippen LogP contribution in [0.3, 0.4) is 0 Å². The highest BCUT2D eigenvalue weighted by atomic mass is 35.5. The van der Waals surface area contributed by atoms with E-state index < -0.39 is 0 Å². The molecule has 0 spiro atoms. The Balaban J connectivity index is 1.59. The number of nitrogens with one attached hydrogen (secondary N) is 2. The molecule has 0 bridgehead atoms. The average molecular weight is 402 g/mol. The number of hydrogen-bond donors (Lipinski definition) is 2. The van der Waals surface area contributed by atoms with Gasteiger partial charge in [0.05, 0.1) is 12.6 Å². The van der Waals surface area contributed by atoms with Crippen molar-refractivity contribution in [1.29, 1.82) is 0 Å². The highest BCUT2D eigenvalue weighted by Crippen LogP contribution is 2.20. The predicted octanol–water partition coefficient (Wildman–Crippen LogP) is 4.15. The van der Waals surface area contributed by atoms with Crippen LogP contribution in [0, 0.1) is 6.92 Å². The maximum Gasteiger partial charge on any atom is 0.228 e. The molecule has 148 valence electrons. The number of aryl methyl sites for hydroxylation is 1. The van der Waals surface area contributed by atoms with Gasteiger partial charge < -0.3 is 19.6 Å². The molecular formula is C20H24ClN5O2. The molecule has 2 aromatic heterocycles. The van der Waals surface area contributed by atoms with Gasteiger partial charge in [0, 0.05) is 23.6 Å². The van der Waals surface area contributed by atoms with Gasteiger partial charge in [-0.3, -0.25) is 4.99 Å². The van der Waals surface area contributed by atoms with Crippen molar-refractivity contribution in [2.45, 2.75) is 33.2 Å². The number of furan rings is 1. The van der Waals surface area contributed by atoms with E-state index in [0.717, 1.165) is 23.6 Å². The van der Waals surface area contributed by atoms with Gasteiger partial charge in [0.15, 0.2) is 5.96 Å². The SMILES string of the molecule is CCNC(=NCCc1nc(-c2cccc(Cl)c2)no1)NC(C)c1ccc(C)o1. The number of aromatic nitrogens is 2. The summed E-state index contributed by atoms with van der Waals surface area (Å²) in [5.74, 6) is 3.51. The van der Waals surface area contributed by atoms with Crippen molar-refractivity contribution in [2.75, 3.05) is 13.1 Å². The van der Waals surface area contributed by atoms with Gasteiger partial charge in [-0.15, -0.1) is 0 Å². The van der Waals surface area contributed by atoms with Crippen LogP contribution in [0.25, 0.3) is 11.4 Å². The topological polar surface area (TPSA) is 88.5 Å². The monoisotopic (exact) mass is 401 g/mol. The van der Waals surface area contributed by atoms with Gasteiger partial charge in [0.2, 0.25) is 11.7 Å². The standard InChI is InChI=1S/C20H24ClN5O2/c1-4-22-20(24-14(3)17-9-8-13(2)27-17)23-11-10-18-25-19(26-28-18)15-6-5-7-16(21)12-15/h5-9,12,14H,4,10-11H2,1-3H3,(H2,22,23,24). The number of hydrogen-bond acceptors (Lipinski definition) is 5. The van der Waals surface area contributed by atoms with Crippen molar-refractivity contribution in [3.05, 3.63) is 58.8 Å². The average Bonchev–Trinajstić information content (AvgIpc) is 3.31. The number of halogens is 1. The van der Waals surface area contributed by atoms with Crippen LogP contribution in [-0.2, 0) is 6.42 Å². The molecule has 2 N–H and O–H groups in total. The Morgan fingerprint density at radius 2 is 2.14 bits per heavy atom. The molecule has 0 aliphatic carbocycles. The first-order chi connectivity index (χ1) is 13.5. The Hall–Kier alpha value is -2.80. The van der Waals surface area contributed by atoms with Crippen molar-refractivity contribution >= 4 is 17.6 Å². The van der Waals surface area contributed by atoms with Crippen LogP contribution in [0.15, 0.2) is 50.3 Å². The lowest BCUT2D eigenvalue weighted by Crippen LogP contribution is -2.38. The third kappa shape index (κ3) is 5.36. The van der Waals surface area contributed by atoms with Crippen molar-refractivity contribution in [1.82, 2.24) is 20.8 Å². The summed E-state index contributed by atoms with van der Waals surface area (Å²) in [5.41, 5.74) is 0.823. The molecule has 3 aromatic rings. The van der Waals surface area contributed by atoms with Crippen LogP contribution in [0.1, 0.15) is 37.3 Å². The van der Waals surface area contributed by atoms with Crippen LogP contribution >= 0.6 is 11.6 Å². The molecule has 0 saturated carbocycles. The number of nitrogens with zero attached hydrogens (tertiary/aromatic N) is 3. The van der Waals surface area contributed by atoms with E-state index in [-0.39, 0.29) is 6.04 Å². The molecule has 0 aliphatic heterocycles. The van der Waals surface area contributed by atoms with Crippen LogP contribution < -0.4 is 10.6 Å².